The molecule has 0 nitrogen and oxygen atoms in total. The van der Waals surface area contributed by atoms with Crippen LogP contribution in [0.3, 0.4) is 0 Å². The van der Waals surface area contributed by atoms with Crippen molar-refractivity contribution in [3.05, 3.63) is 59.7 Å². The number of rotatable bonds is 8. The summed E-state index contributed by atoms with van der Waals surface area (Å²) in [7, 11) is 0. The number of unbranched alkanes of at least 4 members (excludes halogenated alkanes) is 2. The van der Waals surface area contributed by atoms with Crippen molar-refractivity contribution in [2.45, 2.75) is 76.6 Å². The van der Waals surface area contributed by atoms with E-state index in [1.165, 1.54) is 69.1 Å². The highest BCUT2D eigenvalue weighted by atomic mass is 19.3. The smallest absolute Gasteiger partial charge is 0.203 e. The fourth-order valence-electron chi connectivity index (χ4n) is 4.43. The lowest BCUT2D eigenvalue weighted by Gasteiger charge is -2.29. The van der Waals surface area contributed by atoms with E-state index in [0.717, 1.165) is 29.2 Å². The summed E-state index contributed by atoms with van der Waals surface area (Å²) in [5.74, 6) is -2.64. The Morgan fingerprint density at radius 2 is 1.38 bits per heavy atom. The second-order valence-corrected chi connectivity index (χ2v) is 8.34. The minimum absolute atomic E-state index is 0.596. The van der Waals surface area contributed by atoms with Gasteiger partial charge in [0.05, 0.1) is 0 Å². The van der Waals surface area contributed by atoms with Gasteiger partial charge in [0.1, 0.15) is 0 Å². The minimum Gasteiger partial charge on any atom is -0.203 e. The van der Waals surface area contributed by atoms with Crippen molar-refractivity contribution < 1.29 is 17.6 Å². The second kappa shape index (κ2) is 9.77. The summed E-state index contributed by atoms with van der Waals surface area (Å²) in [4.78, 5) is 0. The van der Waals surface area contributed by atoms with E-state index >= 15 is 0 Å². The largest absolute Gasteiger partial charge is 0.332 e. The summed E-state index contributed by atoms with van der Waals surface area (Å²) in [6.45, 7) is 2.24. The van der Waals surface area contributed by atoms with E-state index in [1.807, 2.05) is 12.1 Å². The molecule has 0 N–H and O–H groups in total. The zero-order valence-electron chi connectivity index (χ0n) is 17.0. The van der Waals surface area contributed by atoms with Crippen molar-refractivity contribution in [2.75, 3.05) is 0 Å². The summed E-state index contributed by atoms with van der Waals surface area (Å²) < 4.78 is 51.9. The van der Waals surface area contributed by atoms with Gasteiger partial charge in [0.25, 0.3) is 0 Å². The molecule has 0 amide bonds. The van der Waals surface area contributed by atoms with Crippen molar-refractivity contribution >= 4 is 0 Å². The first-order chi connectivity index (χ1) is 13.9. The van der Waals surface area contributed by atoms with Gasteiger partial charge in [-0.15, -0.1) is 0 Å². The second-order valence-electron chi connectivity index (χ2n) is 8.34. The molecule has 4 heteroatoms. The van der Waals surface area contributed by atoms with Crippen molar-refractivity contribution in [2.24, 2.45) is 5.92 Å². The molecule has 158 valence electrons. The summed E-state index contributed by atoms with van der Waals surface area (Å²) in [5, 5.41) is 0. The number of hydrogen-bond acceptors (Lipinski definition) is 0. The fraction of sp³-hybridized carbons (Fsp3) is 0.520. The molecule has 1 aliphatic carbocycles. The Labute approximate surface area is 171 Å². The van der Waals surface area contributed by atoms with Gasteiger partial charge in [0, 0.05) is 5.56 Å². The van der Waals surface area contributed by atoms with E-state index in [2.05, 4.69) is 19.1 Å². The standard InChI is InChI=1S/C25H30F4/c1-2-3-4-5-18-6-8-19(9-7-18)20-10-12-21(13-11-20)22-14-16-23(17-15-22)25(28,29)24(26)27/h10-19,24H,2-9H2,1H3. The van der Waals surface area contributed by atoms with E-state index in [9.17, 15) is 17.6 Å². The van der Waals surface area contributed by atoms with Crippen LogP contribution in [-0.2, 0) is 5.92 Å². The zero-order valence-corrected chi connectivity index (χ0v) is 17.0. The predicted molar refractivity (Wildman–Crippen MR) is 111 cm³/mol. The summed E-state index contributed by atoms with van der Waals surface area (Å²) in [5.41, 5.74) is 2.35. The van der Waals surface area contributed by atoms with Crippen LogP contribution in [0.1, 0.15) is 75.3 Å². The third kappa shape index (κ3) is 5.40. The fourth-order valence-corrected chi connectivity index (χ4v) is 4.43. The van der Waals surface area contributed by atoms with Crippen molar-refractivity contribution in [1.82, 2.24) is 0 Å². The zero-order chi connectivity index (χ0) is 20.9. The molecule has 0 bridgehead atoms. The van der Waals surface area contributed by atoms with Crippen LogP contribution in [0.4, 0.5) is 17.6 Å². The third-order valence-electron chi connectivity index (χ3n) is 6.32. The molecule has 0 heterocycles. The van der Waals surface area contributed by atoms with Gasteiger partial charge < -0.3 is 0 Å². The molecule has 0 aromatic heterocycles. The Morgan fingerprint density at radius 3 is 1.90 bits per heavy atom. The maximum atomic E-state index is 13.4. The highest BCUT2D eigenvalue weighted by molar-refractivity contribution is 5.64. The SMILES string of the molecule is CCCCCC1CCC(c2ccc(-c3ccc(C(F)(F)C(F)F)cc3)cc2)CC1. The van der Waals surface area contributed by atoms with E-state index in [1.54, 1.807) is 0 Å². The number of halogens is 4. The topological polar surface area (TPSA) is 0 Å². The van der Waals surface area contributed by atoms with E-state index < -0.39 is 17.9 Å². The van der Waals surface area contributed by atoms with E-state index in [4.69, 9.17) is 0 Å². The van der Waals surface area contributed by atoms with Crippen molar-refractivity contribution in [1.29, 1.82) is 0 Å². The lowest BCUT2D eigenvalue weighted by atomic mass is 9.77. The molecule has 0 unspecified atom stereocenters. The van der Waals surface area contributed by atoms with Crippen LogP contribution >= 0.6 is 0 Å². The first-order valence-corrected chi connectivity index (χ1v) is 10.8. The Balaban J connectivity index is 1.59. The molecule has 2 aromatic carbocycles. The number of benzene rings is 2. The van der Waals surface area contributed by atoms with Gasteiger partial charge in [-0.1, -0.05) is 81.1 Å². The van der Waals surface area contributed by atoms with Gasteiger partial charge in [-0.05, 0) is 54.2 Å². The average Bonchev–Trinajstić information content (AvgIpc) is 2.74. The summed E-state index contributed by atoms with van der Waals surface area (Å²) in [6, 6.07) is 13.4. The van der Waals surface area contributed by atoms with E-state index in [-0.39, 0.29) is 0 Å². The molecule has 0 spiro atoms. The minimum atomic E-state index is -4.11. The van der Waals surface area contributed by atoms with Crippen LogP contribution in [0.15, 0.2) is 48.5 Å². The molecular weight excluding hydrogens is 376 g/mol. The Hall–Kier alpha value is -1.84. The maximum absolute atomic E-state index is 13.4. The first-order valence-electron chi connectivity index (χ1n) is 10.8. The molecule has 0 saturated heterocycles. The van der Waals surface area contributed by atoms with Crippen LogP contribution in [0.5, 0.6) is 0 Å². The van der Waals surface area contributed by atoms with Crippen LogP contribution in [0.2, 0.25) is 0 Å². The van der Waals surface area contributed by atoms with Crippen LogP contribution < -0.4 is 0 Å². The van der Waals surface area contributed by atoms with Crippen LogP contribution in [0, 0.1) is 5.92 Å². The summed E-state index contributed by atoms with van der Waals surface area (Å²) >= 11 is 0. The first kappa shape index (κ1) is 21.9. The molecule has 2 aromatic rings. The molecular formula is C25H30F4. The predicted octanol–water partition coefficient (Wildman–Crippen LogP) is 8.56. The molecule has 1 fully saturated rings. The Kier molecular flexibility index (Phi) is 7.37. The van der Waals surface area contributed by atoms with Crippen molar-refractivity contribution in [3.8, 4) is 11.1 Å². The maximum Gasteiger partial charge on any atom is 0.332 e. The highest BCUT2D eigenvalue weighted by Gasteiger charge is 2.42. The van der Waals surface area contributed by atoms with Gasteiger partial charge in [0.15, 0.2) is 0 Å². The summed E-state index contributed by atoms with van der Waals surface area (Å²) in [6.07, 6.45) is 6.69. The lowest BCUT2D eigenvalue weighted by molar-refractivity contribution is -0.135. The van der Waals surface area contributed by atoms with Gasteiger partial charge in [-0.25, -0.2) is 8.78 Å². The van der Waals surface area contributed by atoms with Crippen LogP contribution in [0.25, 0.3) is 11.1 Å². The van der Waals surface area contributed by atoms with Gasteiger partial charge in [-0.2, -0.15) is 8.78 Å². The molecule has 0 aliphatic heterocycles. The lowest BCUT2D eigenvalue weighted by Crippen LogP contribution is -2.23. The molecule has 0 atom stereocenters. The molecule has 1 aliphatic rings. The normalized spacial score (nSPS) is 20.2. The van der Waals surface area contributed by atoms with Crippen molar-refractivity contribution in [3.63, 3.8) is 0 Å². The quantitative estimate of drug-likeness (QED) is 0.304. The van der Waals surface area contributed by atoms with Gasteiger partial charge >= 0.3 is 12.3 Å². The Morgan fingerprint density at radius 1 is 0.828 bits per heavy atom. The number of hydrogen-bond donors (Lipinski definition) is 0. The van der Waals surface area contributed by atoms with Gasteiger partial charge in [-0.3, -0.25) is 0 Å². The highest BCUT2D eigenvalue weighted by Crippen LogP contribution is 2.39. The van der Waals surface area contributed by atoms with E-state index in [0.29, 0.717) is 5.92 Å². The van der Waals surface area contributed by atoms with Crippen LogP contribution in [-0.4, -0.2) is 6.43 Å². The molecule has 1 saturated carbocycles. The molecule has 29 heavy (non-hydrogen) atoms. The third-order valence-corrected chi connectivity index (χ3v) is 6.32. The van der Waals surface area contributed by atoms with Gasteiger partial charge in [0.2, 0.25) is 0 Å². The number of alkyl halides is 4. The monoisotopic (exact) mass is 406 g/mol. The average molecular weight is 407 g/mol. The molecule has 3 rings (SSSR count). The molecule has 0 radical (unpaired) electrons. The Bertz CT molecular complexity index is 741.